The van der Waals surface area contributed by atoms with Gasteiger partial charge in [0.2, 0.25) is 5.89 Å². The minimum absolute atomic E-state index is 0.0261. The highest BCUT2D eigenvalue weighted by Gasteiger charge is 2.10. The van der Waals surface area contributed by atoms with Crippen LogP contribution in [0.2, 0.25) is 0 Å². The molecular formula is C12H11BrN2O2. The molecule has 0 saturated carbocycles. The molecule has 5 heteroatoms. The highest BCUT2D eigenvalue weighted by atomic mass is 79.9. The molecule has 2 aromatic rings. The predicted octanol–water partition coefficient (Wildman–Crippen LogP) is 2.55. The van der Waals surface area contributed by atoms with E-state index in [2.05, 4.69) is 26.1 Å². The van der Waals surface area contributed by atoms with Gasteiger partial charge in [0, 0.05) is 4.47 Å². The van der Waals surface area contributed by atoms with Crippen molar-refractivity contribution in [1.82, 2.24) is 10.1 Å². The van der Waals surface area contributed by atoms with Crippen molar-refractivity contribution < 1.29 is 9.32 Å². The summed E-state index contributed by atoms with van der Waals surface area (Å²) < 4.78 is 6.10. The molecule has 1 heterocycles. The number of ketones is 1. The van der Waals surface area contributed by atoms with E-state index < -0.39 is 0 Å². The molecule has 2 rings (SSSR count). The highest BCUT2D eigenvalue weighted by molar-refractivity contribution is 9.10. The summed E-state index contributed by atoms with van der Waals surface area (Å²) in [4.78, 5) is 15.1. The average molecular weight is 295 g/mol. The van der Waals surface area contributed by atoms with Gasteiger partial charge >= 0.3 is 0 Å². The molecule has 0 radical (unpaired) electrons. The van der Waals surface area contributed by atoms with Crippen LogP contribution in [0.25, 0.3) is 0 Å². The van der Waals surface area contributed by atoms with Gasteiger partial charge in [-0.05, 0) is 18.6 Å². The van der Waals surface area contributed by atoms with Gasteiger partial charge in [-0.1, -0.05) is 39.3 Å². The molecule has 0 unspecified atom stereocenters. The fourth-order valence-electron chi connectivity index (χ4n) is 1.46. The largest absolute Gasteiger partial charge is 0.339 e. The van der Waals surface area contributed by atoms with Crippen molar-refractivity contribution in [3.63, 3.8) is 0 Å². The average Bonchev–Trinajstić information content (AvgIpc) is 2.68. The van der Waals surface area contributed by atoms with Gasteiger partial charge in [0.25, 0.3) is 0 Å². The van der Waals surface area contributed by atoms with Crippen LogP contribution in [-0.2, 0) is 17.6 Å². The number of nitrogens with zero attached hydrogens (tertiary/aromatic N) is 2. The first-order valence-electron chi connectivity index (χ1n) is 5.19. The molecule has 4 nitrogen and oxygen atoms in total. The van der Waals surface area contributed by atoms with E-state index in [1.54, 1.807) is 0 Å². The maximum atomic E-state index is 10.9. The van der Waals surface area contributed by atoms with Crippen LogP contribution in [-0.4, -0.2) is 15.9 Å². The predicted molar refractivity (Wildman–Crippen MR) is 65.6 cm³/mol. The van der Waals surface area contributed by atoms with E-state index in [0.717, 1.165) is 10.0 Å². The molecule has 0 amide bonds. The minimum atomic E-state index is 0.0261. The maximum Gasteiger partial charge on any atom is 0.231 e. The van der Waals surface area contributed by atoms with E-state index in [4.69, 9.17) is 4.52 Å². The van der Waals surface area contributed by atoms with Crippen LogP contribution in [0.3, 0.4) is 0 Å². The first kappa shape index (κ1) is 12.0. The Morgan fingerprint density at radius 2 is 2.18 bits per heavy atom. The van der Waals surface area contributed by atoms with Crippen LogP contribution < -0.4 is 0 Å². The van der Waals surface area contributed by atoms with Gasteiger partial charge in [-0.25, -0.2) is 0 Å². The molecule has 0 aliphatic rings. The van der Waals surface area contributed by atoms with Crippen molar-refractivity contribution >= 4 is 21.7 Å². The molecule has 0 aliphatic carbocycles. The van der Waals surface area contributed by atoms with Crippen molar-refractivity contribution in [1.29, 1.82) is 0 Å². The summed E-state index contributed by atoms with van der Waals surface area (Å²) in [5.41, 5.74) is 1.07. The quantitative estimate of drug-likeness (QED) is 0.870. The zero-order valence-electron chi connectivity index (χ0n) is 9.31. The second kappa shape index (κ2) is 5.23. The third-order valence-corrected chi connectivity index (χ3v) is 2.99. The number of carbonyl (C=O) groups excluding carboxylic acids is 1. The van der Waals surface area contributed by atoms with Crippen molar-refractivity contribution in [2.24, 2.45) is 0 Å². The lowest BCUT2D eigenvalue weighted by molar-refractivity contribution is -0.116. The summed E-state index contributed by atoms with van der Waals surface area (Å²) in [6, 6.07) is 7.84. The first-order chi connectivity index (χ1) is 8.15. The van der Waals surface area contributed by atoms with Crippen LogP contribution in [0.4, 0.5) is 0 Å². The summed E-state index contributed by atoms with van der Waals surface area (Å²) in [5, 5.41) is 3.76. The molecule has 0 N–H and O–H groups in total. The number of carbonyl (C=O) groups is 1. The number of rotatable bonds is 4. The monoisotopic (exact) mass is 294 g/mol. The van der Waals surface area contributed by atoms with Crippen molar-refractivity contribution in [2.75, 3.05) is 0 Å². The van der Waals surface area contributed by atoms with E-state index in [-0.39, 0.29) is 12.2 Å². The zero-order valence-corrected chi connectivity index (χ0v) is 10.9. The fourth-order valence-corrected chi connectivity index (χ4v) is 1.89. The lowest BCUT2D eigenvalue weighted by Crippen LogP contribution is -1.98. The summed E-state index contributed by atoms with van der Waals surface area (Å²) >= 11 is 3.46. The highest BCUT2D eigenvalue weighted by Crippen LogP contribution is 2.18. The smallest absolute Gasteiger partial charge is 0.231 e. The Hall–Kier alpha value is -1.49. The van der Waals surface area contributed by atoms with Crippen LogP contribution in [0, 0.1) is 0 Å². The number of hydrogen-bond donors (Lipinski definition) is 0. The molecule has 0 spiro atoms. The minimum Gasteiger partial charge on any atom is -0.339 e. The molecular weight excluding hydrogens is 284 g/mol. The zero-order chi connectivity index (χ0) is 12.3. The summed E-state index contributed by atoms with van der Waals surface area (Å²) in [6.45, 7) is 1.50. The van der Waals surface area contributed by atoms with Gasteiger partial charge in [0.05, 0.1) is 12.8 Å². The molecule has 88 valence electrons. The molecule has 17 heavy (non-hydrogen) atoms. The number of benzene rings is 1. The van der Waals surface area contributed by atoms with Crippen molar-refractivity contribution in [2.45, 2.75) is 19.8 Å². The molecule has 1 aromatic heterocycles. The fraction of sp³-hybridized carbons (Fsp3) is 0.250. The number of halogens is 1. The van der Waals surface area contributed by atoms with Gasteiger partial charge in [-0.3, -0.25) is 4.79 Å². The SMILES string of the molecule is CC(=O)Cc1noc(Cc2ccccc2Br)n1. The van der Waals surface area contributed by atoms with Gasteiger partial charge in [0.1, 0.15) is 5.78 Å². The van der Waals surface area contributed by atoms with Gasteiger partial charge in [-0.2, -0.15) is 4.98 Å². The Morgan fingerprint density at radius 1 is 1.41 bits per heavy atom. The standard InChI is InChI=1S/C12H11BrN2O2/c1-8(16)6-11-14-12(17-15-11)7-9-4-2-3-5-10(9)13/h2-5H,6-7H2,1H3. The van der Waals surface area contributed by atoms with Crippen LogP contribution in [0.5, 0.6) is 0 Å². The Labute approximate surface area is 107 Å². The third-order valence-electron chi connectivity index (χ3n) is 2.22. The van der Waals surface area contributed by atoms with E-state index in [1.165, 1.54) is 6.92 Å². The Balaban J connectivity index is 2.12. The summed E-state index contributed by atoms with van der Waals surface area (Å²) in [5.74, 6) is 0.992. The van der Waals surface area contributed by atoms with Crippen molar-refractivity contribution in [3.05, 3.63) is 46.0 Å². The molecule has 0 fully saturated rings. The second-order valence-corrected chi connectivity index (χ2v) is 4.61. The molecule has 1 aromatic carbocycles. The van der Waals surface area contributed by atoms with E-state index in [1.807, 2.05) is 24.3 Å². The first-order valence-corrected chi connectivity index (χ1v) is 5.99. The molecule has 0 saturated heterocycles. The normalized spacial score (nSPS) is 10.5. The molecule has 0 atom stereocenters. The Kier molecular flexibility index (Phi) is 3.68. The van der Waals surface area contributed by atoms with Gasteiger partial charge in [0.15, 0.2) is 5.82 Å². The van der Waals surface area contributed by atoms with Gasteiger partial charge < -0.3 is 4.52 Å². The Morgan fingerprint density at radius 3 is 2.88 bits per heavy atom. The summed E-state index contributed by atoms with van der Waals surface area (Å²) in [7, 11) is 0. The topological polar surface area (TPSA) is 56.0 Å². The van der Waals surface area contributed by atoms with Crippen LogP contribution >= 0.6 is 15.9 Å². The third kappa shape index (κ3) is 3.23. The van der Waals surface area contributed by atoms with E-state index in [0.29, 0.717) is 18.1 Å². The maximum absolute atomic E-state index is 10.9. The number of hydrogen-bond acceptors (Lipinski definition) is 4. The molecule has 0 aliphatic heterocycles. The second-order valence-electron chi connectivity index (χ2n) is 3.75. The molecule has 0 bridgehead atoms. The summed E-state index contributed by atoms with van der Waals surface area (Å²) in [6.07, 6.45) is 0.784. The van der Waals surface area contributed by atoms with Crippen LogP contribution in [0.15, 0.2) is 33.3 Å². The Bertz CT molecular complexity index is 537. The van der Waals surface area contributed by atoms with E-state index >= 15 is 0 Å². The van der Waals surface area contributed by atoms with Crippen molar-refractivity contribution in [3.8, 4) is 0 Å². The van der Waals surface area contributed by atoms with Crippen LogP contribution in [0.1, 0.15) is 24.2 Å². The number of Topliss-reactive ketones (excluding diaryl/α,β-unsaturated/α-hetero) is 1. The van der Waals surface area contributed by atoms with Gasteiger partial charge in [-0.15, -0.1) is 0 Å². The van der Waals surface area contributed by atoms with E-state index in [9.17, 15) is 4.79 Å². The number of aromatic nitrogens is 2. The lowest BCUT2D eigenvalue weighted by Gasteiger charge is -1.99. The lowest BCUT2D eigenvalue weighted by atomic mass is 10.1.